The fourth-order valence-electron chi connectivity index (χ4n) is 2.59. The second-order valence-electron chi connectivity index (χ2n) is 6.62. The number of nitrogens with zero attached hydrogens (tertiary/aromatic N) is 1. The first kappa shape index (κ1) is 15.8. The van der Waals surface area contributed by atoms with Gasteiger partial charge in [-0.05, 0) is 52.3 Å². The quantitative estimate of drug-likeness (QED) is 0.924. The highest BCUT2D eigenvalue weighted by atomic mass is 16.6. The Bertz CT molecular complexity index is 448. The number of hydrogen-bond donors (Lipinski definition) is 1. The average molecular weight is 290 g/mol. The molecule has 1 saturated heterocycles. The molecule has 4 heteroatoms. The van der Waals surface area contributed by atoms with Gasteiger partial charge in [-0.25, -0.2) is 4.79 Å². The van der Waals surface area contributed by atoms with Gasteiger partial charge in [0, 0.05) is 6.54 Å². The first-order valence-electron chi connectivity index (χ1n) is 7.71. The van der Waals surface area contributed by atoms with Crippen molar-refractivity contribution in [2.24, 2.45) is 0 Å². The molecule has 1 fully saturated rings. The molecule has 1 aromatic rings. The number of likely N-dealkylation sites (tertiary alicyclic amines) is 1. The van der Waals surface area contributed by atoms with Gasteiger partial charge in [-0.3, -0.25) is 0 Å². The van der Waals surface area contributed by atoms with E-state index in [0.29, 0.717) is 0 Å². The monoisotopic (exact) mass is 290 g/mol. The van der Waals surface area contributed by atoms with Gasteiger partial charge in [0.25, 0.3) is 0 Å². The minimum Gasteiger partial charge on any atom is -0.444 e. The highest BCUT2D eigenvalue weighted by Gasteiger charge is 2.23. The lowest BCUT2D eigenvalue weighted by atomic mass is 10.1. The molecule has 21 heavy (non-hydrogen) atoms. The van der Waals surface area contributed by atoms with E-state index in [-0.39, 0.29) is 12.1 Å². The molecule has 1 N–H and O–H groups in total. The Morgan fingerprint density at radius 2 is 1.86 bits per heavy atom. The highest BCUT2D eigenvalue weighted by molar-refractivity contribution is 5.68. The summed E-state index contributed by atoms with van der Waals surface area (Å²) < 4.78 is 5.39. The van der Waals surface area contributed by atoms with Crippen LogP contribution in [0.2, 0.25) is 0 Å². The lowest BCUT2D eigenvalue weighted by molar-refractivity contribution is 0.0493. The molecule has 0 aromatic heterocycles. The zero-order chi connectivity index (χ0) is 15.3. The van der Waals surface area contributed by atoms with E-state index in [1.54, 1.807) is 0 Å². The van der Waals surface area contributed by atoms with E-state index in [1.807, 2.05) is 39.0 Å². The fraction of sp³-hybridized carbons (Fsp3) is 0.588. The van der Waals surface area contributed by atoms with Crippen LogP contribution in [0.25, 0.3) is 0 Å². The summed E-state index contributed by atoms with van der Waals surface area (Å²) in [7, 11) is 0. The molecule has 1 aliphatic rings. The standard InChI is InChI=1S/C17H26N2O2/c1-17(2,3)21-16(20)18-15(13-19-11-7-8-12-19)14-9-5-4-6-10-14/h4-6,9-10,15H,7-8,11-13H2,1-3H3,(H,18,20)/t15-/m1/s1. The minimum atomic E-state index is -0.473. The van der Waals surface area contributed by atoms with Gasteiger partial charge < -0.3 is 15.0 Å². The van der Waals surface area contributed by atoms with Crippen molar-refractivity contribution in [2.45, 2.75) is 45.3 Å². The summed E-state index contributed by atoms with van der Waals surface area (Å²) in [5.41, 5.74) is 0.647. The average Bonchev–Trinajstić information content (AvgIpc) is 2.90. The topological polar surface area (TPSA) is 41.6 Å². The number of benzene rings is 1. The van der Waals surface area contributed by atoms with Gasteiger partial charge in [0.1, 0.15) is 5.60 Å². The van der Waals surface area contributed by atoms with Crippen LogP contribution in [-0.2, 0) is 4.74 Å². The molecule has 116 valence electrons. The summed E-state index contributed by atoms with van der Waals surface area (Å²) in [5, 5.41) is 3.01. The van der Waals surface area contributed by atoms with E-state index in [4.69, 9.17) is 4.74 Å². The number of alkyl carbamates (subject to hydrolysis) is 1. The van der Waals surface area contributed by atoms with Gasteiger partial charge in [-0.1, -0.05) is 30.3 Å². The number of rotatable bonds is 4. The van der Waals surface area contributed by atoms with Crippen molar-refractivity contribution >= 4 is 6.09 Å². The molecule has 1 aliphatic heterocycles. The summed E-state index contributed by atoms with van der Waals surface area (Å²) in [6.45, 7) is 8.70. The van der Waals surface area contributed by atoms with E-state index in [9.17, 15) is 4.79 Å². The van der Waals surface area contributed by atoms with Crippen LogP contribution in [0.5, 0.6) is 0 Å². The first-order valence-corrected chi connectivity index (χ1v) is 7.71. The van der Waals surface area contributed by atoms with Crippen molar-refractivity contribution in [1.82, 2.24) is 10.2 Å². The second kappa shape index (κ2) is 6.94. The minimum absolute atomic E-state index is 0.0286. The Hall–Kier alpha value is -1.55. The van der Waals surface area contributed by atoms with Gasteiger partial charge >= 0.3 is 6.09 Å². The predicted octanol–water partition coefficient (Wildman–Crippen LogP) is 3.35. The Balaban J connectivity index is 2.03. The van der Waals surface area contributed by atoms with Crippen molar-refractivity contribution in [3.63, 3.8) is 0 Å². The van der Waals surface area contributed by atoms with Gasteiger partial charge in [0.2, 0.25) is 0 Å². The largest absolute Gasteiger partial charge is 0.444 e. The summed E-state index contributed by atoms with van der Waals surface area (Å²) in [5.74, 6) is 0. The maximum atomic E-state index is 12.1. The molecule has 0 aliphatic carbocycles. The van der Waals surface area contributed by atoms with Crippen LogP contribution < -0.4 is 5.32 Å². The Labute approximate surface area is 127 Å². The third-order valence-electron chi connectivity index (χ3n) is 3.53. The molecular weight excluding hydrogens is 264 g/mol. The number of carbonyl (C=O) groups is 1. The van der Waals surface area contributed by atoms with Crippen LogP contribution >= 0.6 is 0 Å². The maximum absolute atomic E-state index is 12.1. The molecule has 0 spiro atoms. The Kier molecular flexibility index (Phi) is 5.23. The summed E-state index contributed by atoms with van der Waals surface area (Å²) in [4.78, 5) is 14.5. The van der Waals surface area contributed by atoms with Crippen molar-refractivity contribution in [1.29, 1.82) is 0 Å². The fourth-order valence-corrected chi connectivity index (χ4v) is 2.59. The molecule has 0 radical (unpaired) electrons. The van der Waals surface area contributed by atoms with Crippen molar-refractivity contribution in [3.05, 3.63) is 35.9 Å². The van der Waals surface area contributed by atoms with Crippen LogP contribution in [-0.4, -0.2) is 36.2 Å². The van der Waals surface area contributed by atoms with E-state index in [0.717, 1.165) is 25.2 Å². The number of nitrogens with one attached hydrogen (secondary N) is 1. The van der Waals surface area contributed by atoms with E-state index in [1.165, 1.54) is 12.8 Å². The number of amides is 1. The molecule has 4 nitrogen and oxygen atoms in total. The maximum Gasteiger partial charge on any atom is 0.408 e. The summed E-state index contributed by atoms with van der Waals surface area (Å²) >= 11 is 0. The predicted molar refractivity (Wildman–Crippen MR) is 84.2 cm³/mol. The molecule has 0 unspecified atom stereocenters. The Morgan fingerprint density at radius 1 is 1.24 bits per heavy atom. The van der Waals surface area contributed by atoms with Crippen LogP contribution in [0.1, 0.15) is 45.2 Å². The van der Waals surface area contributed by atoms with Gasteiger partial charge in [-0.2, -0.15) is 0 Å². The molecule has 0 bridgehead atoms. The zero-order valence-electron chi connectivity index (χ0n) is 13.3. The van der Waals surface area contributed by atoms with E-state index < -0.39 is 5.60 Å². The third kappa shape index (κ3) is 5.38. The molecule has 0 saturated carbocycles. The van der Waals surface area contributed by atoms with Crippen molar-refractivity contribution < 1.29 is 9.53 Å². The molecule has 1 amide bonds. The summed E-state index contributed by atoms with van der Waals surface area (Å²) in [6, 6.07) is 10.1. The van der Waals surface area contributed by atoms with Crippen LogP contribution in [0.3, 0.4) is 0 Å². The van der Waals surface area contributed by atoms with Crippen LogP contribution in [0.4, 0.5) is 4.79 Å². The Morgan fingerprint density at radius 3 is 2.43 bits per heavy atom. The van der Waals surface area contributed by atoms with E-state index in [2.05, 4.69) is 22.3 Å². The molecule has 1 heterocycles. The second-order valence-corrected chi connectivity index (χ2v) is 6.62. The number of hydrogen-bond acceptors (Lipinski definition) is 3. The van der Waals surface area contributed by atoms with Crippen LogP contribution in [0.15, 0.2) is 30.3 Å². The van der Waals surface area contributed by atoms with Gasteiger partial charge in [-0.15, -0.1) is 0 Å². The first-order chi connectivity index (χ1) is 9.94. The van der Waals surface area contributed by atoms with E-state index >= 15 is 0 Å². The van der Waals surface area contributed by atoms with Gasteiger partial charge in [0.05, 0.1) is 6.04 Å². The third-order valence-corrected chi connectivity index (χ3v) is 3.53. The van der Waals surface area contributed by atoms with Crippen LogP contribution in [0, 0.1) is 0 Å². The molecule has 1 atom stereocenters. The lowest BCUT2D eigenvalue weighted by Gasteiger charge is -2.27. The summed E-state index contributed by atoms with van der Waals surface area (Å²) in [6.07, 6.45) is 2.14. The highest BCUT2D eigenvalue weighted by Crippen LogP contribution is 2.18. The van der Waals surface area contributed by atoms with Crippen molar-refractivity contribution in [3.8, 4) is 0 Å². The number of ether oxygens (including phenoxy) is 1. The van der Waals surface area contributed by atoms with Crippen molar-refractivity contribution in [2.75, 3.05) is 19.6 Å². The molecule has 1 aromatic carbocycles. The van der Waals surface area contributed by atoms with Gasteiger partial charge in [0.15, 0.2) is 0 Å². The zero-order valence-corrected chi connectivity index (χ0v) is 13.3. The lowest BCUT2D eigenvalue weighted by Crippen LogP contribution is -2.39. The molecular formula is C17H26N2O2. The number of carbonyl (C=O) groups excluding carboxylic acids is 1. The smallest absolute Gasteiger partial charge is 0.408 e. The molecule has 2 rings (SSSR count). The SMILES string of the molecule is CC(C)(C)OC(=O)N[C@H](CN1CCCC1)c1ccccc1. The normalized spacial score (nSPS) is 17.5.